The van der Waals surface area contributed by atoms with Crippen LogP contribution >= 0.6 is 0 Å². The number of benzene rings is 2. The molecule has 0 radical (unpaired) electrons. The second-order valence-electron chi connectivity index (χ2n) is 8.07. The number of rotatable bonds is 8. The minimum absolute atomic E-state index is 0.0649. The molecule has 1 heterocycles. The molecule has 3 aromatic rings. The SMILES string of the molecule is COc1ccc(-c2noc(CN(C(=O)[C@@H](C)Oc3ccccc3)C3CCCCC3)n2)cc1. The van der Waals surface area contributed by atoms with Gasteiger partial charge in [0.2, 0.25) is 11.7 Å². The van der Waals surface area contributed by atoms with Gasteiger partial charge in [0.1, 0.15) is 18.0 Å². The number of carbonyl (C=O) groups is 1. The van der Waals surface area contributed by atoms with Crippen molar-refractivity contribution in [1.29, 1.82) is 0 Å². The molecule has 7 nitrogen and oxygen atoms in total. The summed E-state index contributed by atoms with van der Waals surface area (Å²) < 4.78 is 16.6. The zero-order valence-corrected chi connectivity index (χ0v) is 18.6. The highest BCUT2D eigenvalue weighted by molar-refractivity contribution is 5.81. The minimum atomic E-state index is -0.608. The van der Waals surface area contributed by atoms with E-state index in [-0.39, 0.29) is 18.5 Å². The molecular weight excluding hydrogens is 406 g/mol. The number of para-hydroxylation sites is 1. The Morgan fingerprint density at radius 1 is 1.06 bits per heavy atom. The van der Waals surface area contributed by atoms with Gasteiger partial charge in [-0.05, 0) is 56.2 Å². The molecule has 0 unspecified atom stereocenters. The number of carbonyl (C=O) groups excluding carboxylic acids is 1. The maximum atomic E-state index is 13.4. The lowest BCUT2D eigenvalue weighted by Crippen LogP contribution is -2.46. The quantitative estimate of drug-likeness (QED) is 0.502. The third-order valence-corrected chi connectivity index (χ3v) is 5.82. The van der Waals surface area contributed by atoms with Crippen LogP contribution in [-0.4, -0.2) is 40.2 Å². The van der Waals surface area contributed by atoms with Crippen molar-refractivity contribution in [3.05, 3.63) is 60.5 Å². The van der Waals surface area contributed by atoms with E-state index in [1.54, 1.807) is 14.0 Å². The summed E-state index contributed by atoms with van der Waals surface area (Å²) >= 11 is 0. The lowest BCUT2D eigenvalue weighted by atomic mass is 9.94. The zero-order chi connectivity index (χ0) is 22.3. The number of nitrogens with zero attached hydrogens (tertiary/aromatic N) is 3. The summed E-state index contributed by atoms with van der Waals surface area (Å²) in [5, 5.41) is 4.12. The van der Waals surface area contributed by atoms with Gasteiger partial charge in [-0.25, -0.2) is 0 Å². The molecule has 7 heteroatoms. The summed E-state index contributed by atoms with van der Waals surface area (Å²) in [7, 11) is 1.63. The molecule has 0 spiro atoms. The standard InChI is InChI=1S/C25H29N3O4/c1-18(31-22-11-7-4-8-12-22)25(29)28(20-9-5-3-6-10-20)17-23-26-24(27-32-23)19-13-15-21(30-2)16-14-19/h4,7-8,11-16,18,20H,3,5-6,9-10,17H2,1-2H3/t18-/m1/s1. The smallest absolute Gasteiger partial charge is 0.264 e. The third-order valence-electron chi connectivity index (χ3n) is 5.82. The fourth-order valence-corrected chi connectivity index (χ4v) is 4.09. The largest absolute Gasteiger partial charge is 0.497 e. The molecule has 0 bridgehead atoms. The average molecular weight is 436 g/mol. The van der Waals surface area contributed by atoms with Gasteiger partial charge in [-0.2, -0.15) is 4.98 Å². The molecule has 1 aromatic heterocycles. The van der Waals surface area contributed by atoms with Crippen molar-refractivity contribution in [1.82, 2.24) is 15.0 Å². The molecule has 0 saturated heterocycles. The Morgan fingerprint density at radius 3 is 2.47 bits per heavy atom. The average Bonchev–Trinajstić information content (AvgIpc) is 3.32. The van der Waals surface area contributed by atoms with Gasteiger partial charge in [-0.3, -0.25) is 4.79 Å². The van der Waals surface area contributed by atoms with E-state index < -0.39 is 6.10 Å². The molecule has 1 fully saturated rings. The monoisotopic (exact) mass is 435 g/mol. The van der Waals surface area contributed by atoms with Gasteiger partial charge in [-0.1, -0.05) is 42.6 Å². The van der Waals surface area contributed by atoms with Crippen LogP contribution in [0.3, 0.4) is 0 Å². The van der Waals surface area contributed by atoms with Gasteiger partial charge >= 0.3 is 0 Å². The first-order valence-electron chi connectivity index (χ1n) is 11.1. The molecule has 1 amide bonds. The molecule has 0 N–H and O–H groups in total. The summed E-state index contributed by atoms with van der Waals surface area (Å²) in [6, 6.07) is 17.0. The van der Waals surface area contributed by atoms with Gasteiger partial charge in [0, 0.05) is 11.6 Å². The maximum Gasteiger partial charge on any atom is 0.264 e. The highest BCUT2D eigenvalue weighted by Gasteiger charge is 2.31. The molecule has 32 heavy (non-hydrogen) atoms. The van der Waals surface area contributed by atoms with E-state index in [4.69, 9.17) is 14.0 Å². The molecule has 0 aliphatic heterocycles. The van der Waals surface area contributed by atoms with Crippen molar-refractivity contribution in [2.45, 2.75) is 57.7 Å². The van der Waals surface area contributed by atoms with Gasteiger partial charge in [0.15, 0.2) is 6.10 Å². The van der Waals surface area contributed by atoms with Crippen LogP contribution in [0.2, 0.25) is 0 Å². The van der Waals surface area contributed by atoms with Crippen LogP contribution in [0.25, 0.3) is 11.4 Å². The molecule has 1 saturated carbocycles. The van der Waals surface area contributed by atoms with Crippen LogP contribution in [0.4, 0.5) is 0 Å². The molecule has 1 aliphatic rings. The molecule has 2 aromatic carbocycles. The first kappa shape index (κ1) is 21.9. The Hall–Kier alpha value is -3.35. The Labute approximate surface area is 188 Å². The number of amides is 1. The van der Waals surface area contributed by atoms with Crippen molar-refractivity contribution < 1.29 is 18.8 Å². The number of hydrogen-bond acceptors (Lipinski definition) is 6. The number of methoxy groups -OCH3 is 1. The number of hydrogen-bond donors (Lipinski definition) is 0. The van der Waals surface area contributed by atoms with Crippen molar-refractivity contribution in [2.75, 3.05) is 7.11 Å². The first-order chi connectivity index (χ1) is 15.6. The summed E-state index contributed by atoms with van der Waals surface area (Å²) in [5.74, 6) is 2.29. The van der Waals surface area contributed by atoms with E-state index in [1.807, 2.05) is 59.5 Å². The van der Waals surface area contributed by atoms with E-state index in [1.165, 1.54) is 6.42 Å². The van der Waals surface area contributed by atoms with Crippen molar-refractivity contribution in [3.8, 4) is 22.9 Å². The predicted molar refractivity (Wildman–Crippen MR) is 120 cm³/mol. The van der Waals surface area contributed by atoms with Gasteiger partial charge in [0.25, 0.3) is 5.91 Å². The zero-order valence-electron chi connectivity index (χ0n) is 18.6. The molecule has 4 rings (SSSR count). The Bertz CT molecular complexity index is 998. The van der Waals surface area contributed by atoms with E-state index >= 15 is 0 Å². The van der Waals surface area contributed by atoms with Crippen LogP contribution in [0, 0.1) is 0 Å². The predicted octanol–water partition coefficient (Wildman–Crippen LogP) is 4.87. The molecule has 1 aliphatic carbocycles. The lowest BCUT2D eigenvalue weighted by Gasteiger charge is -2.35. The van der Waals surface area contributed by atoms with Crippen molar-refractivity contribution >= 4 is 5.91 Å². The fraction of sp³-hybridized carbons (Fsp3) is 0.400. The van der Waals surface area contributed by atoms with Crippen molar-refractivity contribution in [3.63, 3.8) is 0 Å². The number of ether oxygens (including phenoxy) is 2. The van der Waals surface area contributed by atoms with E-state index in [0.29, 0.717) is 17.5 Å². The fourth-order valence-electron chi connectivity index (χ4n) is 4.09. The number of aromatic nitrogens is 2. The topological polar surface area (TPSA) is 77.7 Å². The van der Waals surface area contributed by atoms with Crippen LogP contribution in [0.15, 0.2) is 59.1 Å². The summed E-state index contributed by atoms with van der Waals surface area (Å²) in [6.45, 7) is 2.07. The van der Waals surface area contributed by atoms with Crippen LogP contribution < -0.4 is 9.47 Å². The Kier molecular flexibility index (Phi) is 7.04. The highest BCUT2D eigenvalue weighted by Crippen LogP contribution is 2.26. The van der Waals surface area contributed by atoms with Gasteiger partial charge in [0.05, 0.1) is 7.11 Å². The second kappa shape index (κ2) is 10.3. The minimum Gasteiger partial charge on any atom is -0.497 e. The molecule has 1 atom stereocenters. The van der Waals surface area contributed by atoms with E-state index in [2.05, 4.69) is 10.1 Å². The van der Waals surface area contributed by atoms with E-state index in [9.17, 15) is 4.79 Å². The normalized spacial score (nSPS) is 15.2. The van der Waals surface area contributed by atoms with Crippen molar-refractivity contribution in [2.24, 2.45) is 0 Å². The van der Waals surface area contributed by atoms with Gasteiger partial charge in [-0.15, -0.1) is 0 Å². The van der Waals surface area contributed by atoms with Crippen LogP contribution in [0.5, 0.6) is 11.5 Å². The van der Waals surface area contributed by atoms with Crippen LogP contribution in [0.1, 0.15) is 44.9 Å². The Morgan fingerprint density at radius 2 is 1.78 bits per heavy atom. The summed E-state index contributed by atoms with van der Waals surface area (Å²) in [4.78, 5) is 19.8. The third kappa shape index (κ3) is 5.28. The van der Waals surface area contributed by atoms with E-state index in [0.717, 1.165) is 37.0 Å². The lowest BCUT2D eigenvalue weighted by molar-refractivity contribution is -0.142. The summed E-state index contributed by atoms with van der Waals surface area (Å²) in [6.07, 6.45) is 4.78. The summed E-state index contributed by atoms with van der Waals surface area (Å²) in [5.41, 5.74) is 0.831. The highest BCUT2D eigenvalue weighted by atomic mass is 16.5. The molecule has 168 valence electrons. The second-order valence-corrected chi connectivity index (χ2v) is 8.07. The first-order valence-corrected chi connectivity index (χ1v) is 11.1. The van der Waals surface area contributed by atoms with Crippen LogP contribution in [-0.2, 0) is 11.3 Å². The maximum absolute atomic E-state index is 13.4. The molecular formula is C25H29N3O4. The Balaban J connectivity index is 1.50. The van der Waals surface area contributed by atoms with Gasteiger partial charge < -0.3 is 18.9 Å².